The highest BCUT2D eigenvalue weighted by Crippen LogP contribution is 2.17. The molecule has 0 bridgehead atoms. The van der Waals surface area contributed by atoms with Crippen molar-refractivity contribution in [3.63, 3.8) is 0 Å². The van der Waals surface area contributed by atoms with Crippen molar-refractivity contribution >= 4 is 6.29 Å². The second kappa shape index (κ2) is 8.01. The van der Waals surface area contributed by atoms with E-state index in [1.807, 2.05) is 30.3 Å². The van der Waals surface area contributed by atoms with Crippen LogP contribution in [0, 0.1) is 11.8 Å². The summed E-state index contributed by atoms with van der Waals surface area (Å²) in [7, 11) is 0. The second-order valence-electron chi connectivity index (χ2n) is 5.04. The molecule has 0 amide bonds. The zero-order chi connectivity index (χ0) is 13.4. The van der Waals surface area contributed by atoms with Crippen LogP contribution >= 0.6 is 0 Å². The molecular weight excluding hydrogens is 226 g/mol. The number of nitrogens with two attached hydrogens (primary N) is 1. The van der Waals surface area contributed by atoms with E-state index in [0.717, 1.165) is 6.29 Å². The van der Waals surface area contributed by atoms with Gasteiger partial charge in [0.15, 0.2) is 0 Å². The standard InChI is InChI=1S/C15H23NO2/c1-12(2)14(8-15(16)9-17)11-18-10-13-6-4-3-5-7-13/h3-7,9,12,14-15H,8,10-11,16H2,1-2H3. The summed E-state index contributed by atoms with van der Waals surface area (Å²) in [6.45, 7) is 5.52. The summed E-state index contributed by atoms with van der Waals surface area (Å²) < 4.78 is 5.72. The zero-order valence-electron chi connectivity index (χ0n) is 11.2. The number of aldehydes is 1. The molecule has 0 aliphatic heterocycles. The van der Waals surface area contributed by atoms with Gasteiger partial charge in [-0.25, -0.2) is 0 Å². The molecule has 1 aromatic carbocycles. The molecule has 0 aliphatic carbocycles. The van der Waals surface area contributed by atoms with Gasteiger partial charge in [0, 0.05) is 0 Å². The Balaban J connectivity index is 2.36. The Hall–Kier alpha value is -1.19. The van der Waals surface area contributed by atoms with Gasteiger partial charge >= 0.3 is 0 Å². The molecule has 18 heavy (non-hydrogen) atoms. The molecule has 0 heterocycles. The van der Waals surface area contributed by atoms with Crippen LogP contribution in [0.1, 0.15) is 25.8 Å². The van der Waals surface area contributed by atoms with Crippen molar-refractivity contribution in [1.82, 2.24) is 0 Å². The van der Waals surface area contributed by atoms with Crippen molar-refractivity contribution in [3.05, 3.63) is 35.9 Å². The summed E-state index contributed by atoms with van der Waals surface area (Å²) in [5, 5.41) is 0. The minimum Gasteiger partial charge on any atom is -0.376 e. The van der Waals surface area contributed by atoms with E-state index in [4.69, 9.17) is 10.5 Å². The number of hydrogen-bond donors (Lipinski definition) is 1. The quantitative estimate of drug-likeness (QED) is 0.720. The van der Waals surface area contributed by atoms with Crippen LogP contribution in [0.3, 0.4) is 0 Å². The van der Waals surface area contributed by atoms with Crippen LogP contribution in [0.5, 0.6) is 0 Å². The molecular formula is C15H23NO2. The lowest BCUT2D eigenvalue weighted by Crippen LogP contribution is -2.29. The molecule has 0 aromatic heterocycles. The highest BCUT2D eigenvalue weighted by Gasteiger charge is 2.17. The fourth-order valence-electron chi connectivity index (χ4n) is 1.84. The van der Waals surface area contributed by atoms with Gasteiger partial charge in [0.1, 0.15) is 6.29 Å². The Bertz CT molecular complexity index is 338. The molecule has 1 aromatic rings. The molecule has 0 saturated carbocycles. The maximum atomic E-state index is 10.6. The fourth-order valence-corrected chi connectivity index (χ4v) is 1.84. The maximum Gasteiger partial charge on any atom is 0.136 e. The lowest BCUT2D eigenvalue weighted by Gasteiger charge is -2.22. The third-order valence-corrected chi connectivity index (χ3v) is 3.14. The minimum atomic E-state index is -0.377. The second-order valence-corrected chi connectivity index (χ2v) is 5.04. The summed E-state index contributed by atoms with van der Waals surface area (Å²) in [5.41, 5.74) is 6.84. The van der Waals surface area contributed by atoms with E-state index in [-0.39, 0.29) is 6.04 Å². The van der Waals surface area contributed by atoms with Gasteiger partial charge in [-0.1, -0.05) is 44.2 Å². The molecule has 0 fully saturated rings. The summed E-state index contributed by atoms with van der Waals surface area (Å²) in [4.78, 5) is 10.6. The summed E-state index contributed by atoms with van der Waals surface area (Å²) in [6, 6.07) is 9.70. The monoisotopic (exact) mass is 249 g/mol. The number of benzene rings is 1. The van der Waals surface area contributed by atoms with Crippen LogP contribution in [-0.2, 0) is 16.1 Å². The third kappa shape index (κ3) is 5.43. The van der Waals surface area contributed by atoms with Gasteiger partial charge in [-0.05, 0) is 23.8 Å². The predicted molar refractivity (Wildman–Crippen MR) is 73.1 cm³/mol. The third-order valence-electron chi connectivity index (χ3n) is 3.14. The minimum absolute atomic E-state index is 0.328. The molecule has 2 atom stereocenters. The van der Waals surface area contributed by atoms with E-state index >= 15 is 0 Å². The summed E-state index contributed by atoms with van der Waals surface area (Å²) in [6.07, 6.45) is 1.50. The molecule has 0 aliphatic rings. The van der Waals surface area contributed by atoms with Crippen molar-refractivity contribution < 1.29 is 9.53 Å². The Morgan fingerprint density at radius 2 is 1.94 bits per heavy atom. The first-order valence-electron chi connectivity index (χ1n) is 6.46. The first-order valence-corrected chi connectivity index (χ1v) is 6.46. The Labute approximate surface area is 109 Å². The van der Waals surface area contributed by atoms with Gasteiger partial charge in [0.2, 0.25) is 0 Å². The number of ether oxygens (including phenoxy) is 1. The van der Waals surface area contributed by atoms with E-state index in [0.29, 0.717) is 31.5 Å². The van der Waals surface area contributed by atoms with Crippen LogP contribution in [-0.4, -0.2) is 18.9 Å². The predicted octanol–water partition coefficient (Wildman–Crippen LogP) is 2.39. The highest BCUT2D eigenvalue weighted by molar-refractivity contribution is 5.56. The largest absolute Gasteiger partial charge is 0.376 e. The SMILES string of the molecule is CC(C)C(COCc1ccccc1)CC(N)C=O. The van der Waals surface area contributed by atoms with Gasteiger partial charge in [-0.2, -0.15) is 0 Å². The van der Waals surface area contributed by atoms with E-state index in [9.17, 15) is 4.79 Å². The van der Waals surface area contributed by atoms with Crippen molar-refractivity contribution in [2.24, 2.45) is 17.6 Å². The van der Waals surface area contributed by atoms with E-state index in [1.54, 1.807) is 0 Å². The van der Waals surface area contributed by atoms with Crippen molar-refractivity contribution in [2.45, 2.75) is 32.9 Å². The van der Waals surface area contributed by atoms with Crippen LogP contribution in [0.2, 0.25) is 0 Å². The topological polar surface area (TPSA) is 52.3 Å². The van der Waals surface area contributed by atoms with Crippen LogP contribution in [0.15, 0.2) is 30.3 Å². The first kappa shape index (κ1) is 14.9. The van der Waals surface area contributed by atoms with Gasteiger partial charge in [0.05, 0.1) is 19.3 Å². The molecule has 0 saturated heterocycles. The van der Waals surface area contributed by atoms with Gasteiger partial charge < -0.3 is 15.3 Å². The number of hydrogen-bond acceptors (Lipinski definition) is 3. The molecule has 3 nitrogen and oxygen atoms in total. The van der Waals surface area contributed by atoms with Crippen LogP contribution in [0.25, 0.3) is 0 Å². The van der Waals surface area contributed by atoms with Crippen LogP contribution in [0.4, 0.5) is 0 Å². The average molecular weight is 249 g/mol. The molecule has 1 rings (SSSR count). The Morgan fingerprint density at radius 3 is 2.50 bits per heavy atom. The summed E-state index contributed by atoms with van der Waals surface area (Å²) >= 11 is 0. The number of carbonyl (C=O) groups is 1. The maximum absolute atomic E-state index is 10.6. The lowest BCUT2D eigenvalue weighted by atomic mass is 9.90. The van der Waals surface area contributed by atoms with E-state index in [1.165, 1.54) is 5.56 Å². The first-order chi connectivity index (χ1) is 8.63. The van der Waals surface area contributed by atoms with Crippen LogP contribution < -0.4 is 5.73 Å². The van der Waals surface area contributed by atoms with Crippen molar-refractivity contribution in [3.8, 4) is 0 Å². The number of carbonyl (C=O) groups excluding carboxylic acids is 1. The van der Waals surface area contributed by atoms with E-state index < -0.39 is 0 Å². The zero-order valence-corrected chi connectivity index (χ0v) is 11.2. The van der Waals surface area contributed by atoms with Crippen molar-refractivity contribution in [2.75, 3.05) is 6.61 Å². The molecule has 0 spiro atoms. The van der Waals surface area contributed by atoms with Crippen molar-refractivity contribution in [1.29, 1.82) is 0 Å². The van der Waals surface area contributed by atoms with Gasteiger partial charge in [0.25, 0.3) is 0 Å². The summed E-state index contributed by atoms with van der Waals surface area (Å²) in [5.74, 6) is 0.792. The van der Waals surface area contributed by atoms with E-state index in [2.05, 4.69) is 13.8 Å². The fraction of sp³-hybridized carbons (Fsp3) is 0.533. The Kier molecular flexibility index (Phi) is 6.61. The highest BCUT2D eigenvalue weighted by atomic mass is 16.5. The molecule has 2 unspecified atom stereocenters. The molecule has 3 heteroatoms. The normalized spacial score (nSPS) is 14.4. The number of rotatable bonds is 8. The average Bonchev–Trinajstić information content (AvgIpc) is 2.38. The Morgan fingerprint density at radius 1 is 1.28 bits per heavy atom. The smallest absolute Gasteiger partial charge is 0.136 e. The lowest BCUT2D eigenvalue weighted by molar-refractivity contribution is -0.109. The molecule has 100 valence electrons. The van der Waals surface area contributed by atoms with Gasteiger partial charge in [-0.15, -0.1) is 0 Å². The molecule has 2 N–H and O–H groups in total. The molecule has 0 radical (unpaired) electrons. The van der Waals surface area contributed by atoms with Gasteiger partial charge in [-0.3, -0.25) is 0 Å².